The summed E-state index contributed by atoms with van der Waals surface area (Å²) in [4.78, 5) is 8.00. The van der Waals surface area contributed by atoms with E-state index in [-0.39, 0.29) is 28.5 Å². The fourth-order valence-electron chi connectivity index (χ4n) is 14.2. The minimum Gasteiger partial charge on any atom is -0.456 e. The van der Waals surface area contributed by atoms with Gasteiger partial charge in [-0.05, 0) is 166 Å². The van der Waals surface area contributed by atoms with Crippen molar-refractivity contribution in [3.05, 3.63) is 210 Å². The Bertz CT molecular complexity index is 3990. The zero-order chi connectivity index (χ0) is 52.0. The number of para-hydroxylation sites is 1. The molecule has 4 nitrogen and oxygen atoms in total. The summed E-state index contributed by atoms with van der Waals surface area (Å²) in [5, 5.41) is 2.25. The van der Waals surface area contributed by atoms with Gasteiger partial charge >= 0.3 is 0 Å². The highest BCUT2D eigenvalue weighted by Gasteiger charge is 2.58. The molecule has 76 heavy (non-hydrogen) atoms. The molecule has 0 saturated heterocycles. The van der Waals surface area contributed by atoms with Crippen LogP contribution in [0.25, 0.3) is 44.2 Å². The second kappa shape index (κ2) is 16.6. The molecule has 1 saturated carbocycles. The Morgan fingerprint density at radius 1 is 0.474 bits per heavy atom. The summed E-state index contributed by atoms with van der Waals surface area (Å²) in [6, 6.07) is 71.6. The Morgan fingerprint density at radius 3 is 1.84 bits per heavy atom. The Balaban J connectivity index is 1.07. The van der Waals surface area contributed by atoms with Crippen molar-refractivity contribution in [1.82, 2.24) is 0 Å². The Morgan fingerprint density at radius 2 is 1.11 bits per heavy atom. The molecule has 4 heterocycles. The molecule has 2 unspecified atom stereocenters. The molecule has 14 rings (SSSR count). The number of fused-ring (bicyclic) bond motifs is 10. The predicted molar refractivity (Wildman–Crippen MR) is 324 cm³/mol. The van der Waals surface area contributed by atoms with Crippen molar-refractivity contribution in [2.45, 2.75) is 110 Å². The Hall–Kier alpha value is -7.76. The highest BCUT2D eigenvalue weighted by Crippen LogP contribution is 2.62. The van der Waals surface area contributed by atoms with Crippen molar-refractivity contribution in [3.63, 3.8) is 0 Å². The average molecular weight is 988 g/mol. The largest absolute Gasteiger partial charge is 0.456 e. The molecule has 0 spiro atoms. The summed E-state index contributed by atoms with van der Waals surface area (Å²) in [5.41, 5.74) is 25.5. The number of rotatable bonds is 5. The maximum absolute atomic E-state index is 6.74. The highest BCUT2D eigenvalue weighted by atomic mass is 16.3. The zero-order valence-corrected chi connectivity index (χ0v) is 45.6. The van der Waals surface area contributed by atoms with Crippen molar-refractivity contribution >= 4 is 90.5 Å². The maximum atomic E-state index is 6.74. The van der Waals surface area contributed by atoms with Crippen LogP contribution < -0.4 is 31.1 Å². The van der Waals surface area contributed by atoms with Crippen molar-refractivity contribution in [2.75, 3.05) is 14.7 Å². The van der Waals surface area contributed by atoms with Crippen LogP contribution in [0.3, 0.4) is 0 Å². The minimum absolute atomic E-state index is 0.0340. The standard InChI is InChI=1S/C71H66BN3O/c1-45-39-62-67-63(40-45)74(60-26-20-28-65-66(60)52-25-16-17-27-64(52)76-65)61-44-51(75-58-34-29-48(46-21-12-10-13-22-46)41-54(58)70(8)37-18-19-38-71(70,75)9)32-33-55(61)72(67)56-43-50(69(5,6)7)31-36-59(56)73(62)57-35-30-49(68(2,3)4)42-53(57)47-23-14-11-15-24-47/h10-17,20-36,39-44H,18-19,37-38H2,1-9H3. The number of benzene rings is 9. The highest BCUT2D eigenvalue weighted by molar-refractivity contribution is 7.00. The maximum Gasteiger partial charge on any atom is 0.252 e. The third-order valence-electron chi connectivity index (χ3n) is 18.3. The van der Waals surface area contributed by atoms with Gasteiger partial charge in [0.05, 0.1) is 22.3 Å². The van der Waals surface area contributed by atoms with Crippen molar-refractivity contribution < 1.29 is 4.42 Å². The van der Waals surface area contributed by atoms with Gasteiger partial charge in [-0.15, -0.1) is 0 Å². The van der Waals surface area contributed by atoms with Crippen LogP contribution in [0.5, 0.6) is 0 Å². The molecule has 0 bridgehead atoms. The number of anilines is 8. The molecule has 0 amide bonds. The van der Waals surface area contributed by atoms with Gasteiger partial charge in [-0.25, -0.2) is 0 Å². The van der Waals surface area contributed by atoms with Crippen LogP contribution in [0.2, 0.25) is 0 Å². The normalized spacial score (nSPS) is 18.6. The molecule has 0 radical (unpaired) electrons. The fraction of sp³-hybridized carbons (Fsp3) is 0.239. The molecular formula is C71H66BN3O. The van der Waals surface area contributed by atoms with E-state index in [0.717, 1.165) is 40.5 Å². The van der Waals surface area contributed by atoms with Crippen LogP contribution in [0.1, 0.15) is 103 Å². The summed E-state index contributed by atoms with van der Waals surface area (Å²) in [5.74, 6) is 0. The average Bonchev–Trinajstić information content (AvgIpc) is 4.08. The van der Waals surface area contributed by atoms with E-state index < -0.39 is 0 Å². The van der Waals surface area contributed by atoms with Gasteiger partial charge in [-0.2, -0.15) is 0 Å². The van der Waals surface area contributed by atoms with Crippen LogP contribution in [0.4, 0.5) is 45.5 Å². The molecule has 5 heteroatoms. The second-order valence-electron chi connectivity index (χ2n) is 24.9. The van der Waals surface area contributed by atoms with Crippen LogP contribution in [-0.4, -0.2) is 12.3 Å². The van der Waals surface area contributed by atoms with E-state index in [1.54, 1.807) is 0 Å². The first kappa shape index (κ1) is 46.8. The lowest BCUT2D eigenvalue weighted by molar-refractivity contribution is 0.195. The summed E-state index contributed by atoms with van der Waals surface area (Å²) in [6.07, 6.45) is 4.72. The predicted octanol–water partition coefficient (Wildman–Crippen LogP) is 17.6. The van der Waals surface area contributed by atoms with Gasteiger partial charge in [0, 0.05) is 50.5 Å². The number of aryl methyl sites for hydroxylation is 1. The monoisotopic (exact) mass is 988 g/mol. The van der Waals surface area contributed by atoms with Crippen molar-refractivity contribution in [1.29, 1.82) is 0 Å². The molecule has 2 atom stereocenters. The van der Waals surface area contributed by atoms with Gasteiger partial charge in [0.2, 0.25) is 0 Å². The van der Waals surface area contributed by atoms with Gasteiger partial charge in [-0.3, -0.25) is 0 Å². The third kappa shape index (κ3) is 6.83. The van der Waals surface area contributed by atoms with Gasteiger partial charge in [0.1, 0.15) is 11.2 Å². The van der Waals surface area contributed by atoms with Gasteiger partial charge in [0.25, 0.3) is 6.71 Å². The molecule has 374 valence electrons. The lowest BCUT2D eigenvalue weighted by atomic mass is 9.33. The zero-order valence-electron chi connectivity index (χ0n) is 45.6. The fourth-order valence-corrected chi connectivity index (χ4v) is 14.2. The lowest BCUT2D eigenvalue weighted by Crippen LogP contribution is -2.61. The van der Waals surface area contributed by atoms with Gasteiger partial charge < -0.3 is 19.1 Å². The SMILES string of the molecule is Cc1cc2c3c(c1)N(c1cccc4oc5ccccc5c14)c1cc(N4c5ccc(-c6ccccc6)cc5C5(C)CCCCC45C)ccc1B3c1cc(C(C)(C)C)ccc1N2c1ccc(C(C)(C)C)cc1-c1ccccc1. The van der Waals surface area contributed by atoms with E-state index in [0.29, 0.717) is 0 Å². The van der Waals surface area contributed by atoms with E-state index in [9.17, 15) is 0 Å². The summed E-state index contributed by atoms with van der Waals surface area (Å²) >= 11 is 0. The van der Waals surface area contributed by atoms with E-state index in [4.69, 9.17) is 4.42 Å². The molecule has 0 N–H and O–H groups in total. The first-order valence-electron chi connectivity index (χ1n) is 27.7. The van der Waals surface area contributed by atoms with Crippen molar-refractivity contribution in [2.24, 2.45) is 0 Å². The Kier molecular flexibility index (Phi) is 10.2. The van der Waals surface area contributed by atoms with Crippen molar-refractivity contribution in [3.8, 4) is 22.3 Å². The number of furan rings is 1. The molecular weight excluding hydrogens is 922 g/mol. The first-order chi connectivity index (χ1) is 36.6. The lowest BCUT2D eigenvalue weighted by Gasteiger charge is -2.50. The van der Waals surface area contributed by atoms with Crippen LogP contribution in [0, 0.1) is 6.92 Å². The van der Waals surface area contributed by atoms with Crippen LogP contribution >= 0.6 is 0 Å². The molecule has 9 aromatic carbocycles. The molecule has 1 fully saturated rings. The summed E-state index contributed by atoms with van der Waals surface area (Å²) < 4.78 is 6.74. The van der Waals surface area contributed by atoms with Gasteiger partial charge in [0.15, 0.2) is 0 Å². The number of nitrogens with zero attached hydrogens (tertiary/aromatic N) is 3. The quantitative estimate of drug-likeness (QED) is 0.160. The third-order valence-corrected chi connectivity index (χ3v) is 18.3. The topological polar surface area (TPSA) is 22.9 Å². The van der Waals surface area contributed by atoms with Gasteiger partial charge in [-0.1, -0.05) is 177 Å². The minimum atomic E-state index is -0.141. The smallest absolute Gasteiger partial charge is 0.252 e. The number of hydrogen-bond donors (Lipinski definition) is 0. The molecule has 10 aromatic rings. The van der Waals surface area contributed by atoms with Crippen LogP contribution in [-0.2, 0) is 16.2 Å². The van der Waals surface area contributed by atoms with E-state index >= 15 is 0 Å². The van der Waals surface area contributed by atoms with E-state index in [2.05, 4.69) is 265 Å². The first-order valence-corrected chi connectivity index (χ1v) is 27.7. The summed E-state index contributed by atoms with van der Waals surface area (Å²) in [6.45, 7) is 21.4. The Labute approximate surface area is 449 Å². The molecule has 3 aliphatic heterocycles. The number of hydrogen-bond acceptors (Lipinski definition) is 4. The van der Waals surface area contributed by atoms with E-state index in [1.165, 1.54) is 114 Å². The van der Waals surface area contributed by atoms with E-state index in [1.807, 2.05) is 0 Å². The van der Waals surface area contributed by atoms with Crippen LogP contribution in [0.15, 0.2) is 192 Å². The second-order valence-corrected chi connectivity index (χ2v) is 24.9. The summed E-state index contributed by atoms with van der Waals surface area (Å²) in [7, 11) is 0. The molecule has 1 aromatic heterocycles. The molecule has 4 aliphatic rings. The molecule has 1 aliphatic carbocycles.